The van der Waals surface area contributed by atoms with Crippen molar-refractivity contribution >= 4 is 11.7 Å². The molecule has 0 aromatic carbocycles. The van der Waals surface area contributed by atoms with Crippen molar-refractivity contribution in [3.63, 3.8) is 0 Å². The first-order valence-corrected chi connectivity index (χ1v) is 4.28. The summed E-state index contributed by atoms with van der Waals surface area (Å²) in [5.41, 5.74) is 4.74. The molecule has 1 rings (SSSR count). The van der Waals surface area contributed by atoms with Crippen molar-refractivity contribution in [2.24, 2.45) is 0 Å². The van der Waals surface area contributed by atoms with E-state index in [1.54, 1.807) is 6.92 Å². The van der Waals surface area contributed by atoms with Gasteiger partial charge in [-0.3, -0.25) is 0 Å². The summed E-state index contributed by atoms with van der Waals surface area (Å²) in [6.45, 7) is 1.66. The fourth-order valence-corrected chi connectivity index (χ4v) is 1.20. The number of pyridine rings is 1. The molecule has 82 valence electrons. The van der Waals surface area contributed by atoms with Crippen molar-refractivity contribution in [3.8, 4) is 5.75 Å². The molecule has 0 amide bonds. The van der Waals surface area contributed by atoms with E-state index in [2.05, 4.69) is 4.98 Å². The number of rotatable bonds is 3. The van der Waals surface area contributed by atoms with Crippen molar-refractivity contribution in [2.75, 3.05) is 12.8 Å². The number of carboxylic acid groups (broad SMARTS) is 1. The summed E-state index contributed by atoms with van der Waals surface area (Å²) in [7, 11) is 1.21. The number of nitrogens with zero attached hydrogens (tertiary/aromatic N) is 1. The predicted octanol–water partition coefficient (Wildman–Crippen LogP) is 1.07. The zero-order valence-corrected chi connectivity index (χ0v) is 8.37. The zero-order chi connectivity index (χ0) is 11.6. The van der Waals surface area contributed by atoms with Crippen LogP contribution in [-0.2, 0) is 6.42 Å². The minimum Gasteiger partial charge on any atom is -0.492 e. The van der Waals surface area contributed by atoms with Crippen LogP contribution in [0.5, 0.6) is 5.75 Å². The summed E-state index contributed by atoms with van der Waals surface area (Å²) in [5, 5.41) is 8.81. The van der Waals surface area contributed by atoms with E-state index in [4.69, 9.17) is 15.6 Å². The number of carboxylic acids is 1. The Labute approximate surface area is 85.7 Å². The van der Waals surface area contributed by atoms with E-state index in [-0.39, 0.29) is 29.2 Å². The average Bonchev–Trinajstić information content (AvgIpc) is 2.21. The van der Waals surface area contributed by atoms with Gasteiger partial charge in [0.15, 0.2) is 17.3 Å². The fourth-order valence-electron chi connectivity index (χ4n) is 1.20. The molecule has 3 N–H and O–H groups in total. The van der Waals surface area contributed by atoms with Gasteiger partial charge in [-0.15, -0.1) is 0 Å². The third-order valence-corrected chi connectivity index (χ3v) is 1.94. The zero-order valence-electron chi connectivity index (χ0n) is 8.37. The van der Waals surface area contributed by atoms with Gasteiger partial charge in [0.2, 0.25) is 0 Å². The summed E-state index contributed by atoms with van der Waals surface area (Å²) >= 11 is 0. The van der Waals surface area contributed by atoms with E-state index in [0.717, 1.165) is 0 Å². The van der Waals surface area contributed by atoms with Crippen LogP contribution in [0.2, 0.25) is 0 Å². The Balaban J connectivity index is 3.51. The first kappa shape index (κ1) is 11.2. The van der Waals surface area contributed by atoms with Crippen LogP contribution in [-0.4, -0.2) is 23.2 Å². The molecule has 0 aliphatic heterocycles. The van der Waals surface area contributed by atoms with Gasteiger partial charge in [0.05, 0.1) is 12.8 Å². The number of hydrogen-bond acceptors (Lipinski definition) is 4. The molecule has 0 bridgehead atoms. The van der Waals surface area contributed by atoms with Crippen molar-refractivity contribution < 1.29 is 19.0 Å². The normalized spacial score (nSPS) is 10.1. The monoisotopic (exact) mass is 214 g/mol. The Bertz CT molecular complexity index is 407. The first-order chi connectivity index (χ1) is 7.02. The number of nitrogen functional groups attached to an aromatic ring is 1. The first-order valence-electron chi connectivity index (χ1n) is 4.28. The molecule has 0 fully saturated rings. The quantitative estimate of drug-likeness (QED) is 0.786. The van der Waals surface area contributed by atoms with Gasteiger partial charge in [0, 0.05) is 0 Å². The third-order valence-electron chi connectivity index (χ3n) is 1.94. The standard InChI is InChI=1S/C9H11FN2O3/c1-3-4-5(10)6(11)8(15-2)7(12-4)9(13)14/h3H2,1-2H3,(H2,11,12)(H,13,14). The van der Waals surface area contributed by atoms with Gasteiger partial charge in [-0.25, -0.2) is 14.2 Å². The molecule has 1 heterocycles. The molecule has 0 saturated heterocycles. The minimum absolute atomic E-state index is 0.0192. The van der Waals surface area contributed by atoms with Crippen LogP contribution in [0.4, 0.5) is 10.1 Å². The average molecular weight is 214 g/mol. The molecular weight excluding hydrogens is 203 g/mol. The fraction of sp³-hybridized carbons (Fsp3) is 0.333. The molecule has 0 atom stereocenters. The van der Waals surface area contributed by atoms with Crippen LogP contribution in [0.3, 0.4) is 0 Å². The maximum absolute atomic E-state index is 13.4. The number of nitrogens with two attached hydrogens (primary N) is 1. The predicted molar refractivity (Wildman–Crippen MR) is 51.5 cm³/mol. The van der Waals surface area contributed by atoms with Gasteiger partial charge in [0.1, 0.15) is 5.69 Å². The second-order valence-corrected chi connectivity index (χ2v) is 2.83. The highest BCUT2D eigenvalue weighted by Gasteiger charge is 2.21. The summed E-state index contributed by atoms with van der Waals surface area (Å²) in [4.78, 5) is 14.4. The maximum Gasteiger partial charge on any atom is 0.358 e. The summed E-state index contributed by atoms with van der Waals surface area (Å²) in [6, 6.07) is 0. The number of aromatic nitrogens is 1. The highest BCUT2D eigenvalue weighted by atomic mass is 19.1. The number of hydrogen-bond donors (Lipinski definition) is 2. The molecular formula is C9H11FN2O3. The molecule has 0 aliphatic rings. The van der Waals surface area contributed by atoms with Crippen LogP contribution in [0.25, 0.3) is 0 Å². The lowest BCUT2D eigenvalue weighted by atomic mass is 10.2. The Morgan fingerprint density at radius 1 is 1.67 bits per heavy atom. The molecule has 0 unspecified atom stereocenters. The topological polar surface area (TPSA) is 85.4 Å². The van der Waals surface area contributed by atoms with Crippen molar-refractivity contribution in [3.05, 3.63) is 17.2 Å². The van der Waals surface area contributed by atoms with Crippen LogP contribution in [0, 0.1) is 5.82 Å². The smallest absolute Gasteiger partial charge is 0.358 e. The van der Waals surface area contributed by atoms with E-state index in [0.29, 0.717) is 0 Å². The van der Waals surface area contributed by atoms with Crippen LogP contribution < -0.4 is 10.5 Å². The lowest BCUT2D eigenvalue weighted by Crippen LogP contribution is -2.11. The number of aromatic carboxylic acids is 1. The van der Waals surface area contributed by atoms with Gasteiger partial charge in [-0.2, -0.15) is 0 Å². The molecule has 5 nitrogen and oxygen atoms in total. The van der Waals surface area contributed by atoms with E-state index in [1.807, 2.05) is 0 Å². The van der Waals surface area contributed by atoms with Crippen molar-refractivity contribution in [1.82, 2.24) is 4.98 Å². The summed E-state index contributed by atoms with van der Waals surface area (Å²) in [6.07, 6.45) is 0.264. The Morgan fingerprint density at radius 2 is 2.27 bits per heavy atom. The van der Waals surface area contributed by atoms with Crippen molar-refractivity contribution in [1.29, 1.82) is 0 Å². The lowest BCUT2D eigenvalue weighted by molar-refractivity contribution is 0.0686. The number of methoxy groups -OCH3 is 1. The van der Waals surface area contributed by atoms with Crippen LogP contribution in [0.15, 0.2) is 0 Å². The number of halogens is 1. The molecule has 0 radical (unpaired) electrons. The molecule has 1 aromatic rings. The Kier molecular flexibility index (Phi) is 3.08. The Morgan fingerprint density at radius 3 is 2.67 bits per heavy atom. The van der Waals surface area contributed by atoms with Gasteiger partial charge in [-0.1, -0.05) is 6.92 Å². The SMILES string of the molecule is CCc1nc(C(=O)O)c(OC)c(N)c1F. The van der Waals surface area contributed by atoms with E-state index >= 15 is 0 Å². The highest BCUT2D eigenvalue weighted by Crippen LogP contribution is 2.29. The van der Waals surface area contributed by atoms with Crippen molar-refractivity contribution in [2.45, 2.75) is 13.3 Å². The van der Waals surface area contributed by atoms with E-state index < -0.39 is 11.8 Å². The van der Waals surface area contributed by atoms with Gasteiger partial charge in [0.25, 0.3) is 0 Å². The minimum atomic E-state index is -1.30. The van der Waals surface area contributed by atoms with E-state index in [1.165, 1.54) is 7.11 Å². The van der Waals surface area contributed by atoms with Gasteiger partial charge < -0.3 is 15.6 Å². The second kappa shape index (κ2) is 4.12. The lowest BCUT2D eigenvalue weighted by Gasteiger charge is -2.10. The summed E-state index contributed by atoms with van der Waals surface area (Å²) in [5.74, 6) is -2.26. The highest BCUT2D eigenvalue weighted by molar-refractivity contribution is 5.91. The van der Waals surface area contributed by atoms with Gasteiger partial charge >= 0.3 is 5.97 Å². The molecule has 0 saturated carbocycles. The third kappa shape index (κ3) is 1.83. The Hall–Kier alpha value is -1.85. The van der Waals surface area contributed by atoms with Gasteiger partial charge in [-0.05, 0) is 6.42 Å². The molecule has 0 aliphatic carbocycles. The maximum atomic E-state index is 13.4. The number of carbonyl (C=O) groups is 1. The van der Waals surface area contributed by atoms with Crippen LogP contribution in [0.1, 0.15) is 23.1 Å². The summed E-state index contributed by atoms with van der Waals surface area (Å²) < 4.78 is 18.1. The molecule has 15 heavy (non-hydrogen) atoms. The number of ether oxygens (including phenoxy) is 1. The van der Waals surface area contributed by atoms with Crippen LogP contribution >= 0.6 is 0 Å². The molecule has 1 aromatic heterocycles. The van der Waals surface area contributed by atoms with E-state index in [9.17, 15) is 9.18 Å². The second-order valence-electron chi connectivity index (χ2n) is 2.83. The molecule has 6 heteroatoms. The number of aryl methyl sites for hydroxylation is 1. The largest absolute Gasteiger partial charge is 0.492 e. The molecule has 0 spiro atoms. The number of anilines is 1.